The van der Waals surface area contributed by atoms with Crippen LogP contribution in [0, 0.1) is 0 Å². The molecule has 0 N–H and O–H groups in total. The van der Waals surface area contributed by atoms with Crippen molar-refractivity contribution in [3.8, 4) is 0 Å². The summed E-state index contributed by atoms with van der Waals surface area (Å²) in [5, 5.41) is 0.780. The molecule has 2 nitrogen and oxygen atoms in total. The van der Waals surface area contributed by atoms with Crippen molar-refractivity contribution in [3.63, 3.8) is 0 Å². The monoisotopic (exact) mass is 290 g/mol. The van der Waals surface area contributed by atoms with Gasteiger partial charge in [-0.2, -0.15) is 0 Å². The van der Waals surface area contributed by atoms with E-state index < -0.39 is 0 Å². The summed E-state index contributed by atoms with van der Waals surface area (Å²) >= 11 is 0. The molecule has 2 fully saturated rings. The molecule has 0 unspecified atom stereocenters. The Balaban J connectivity index is 2.15. The number of hydrogen-bond donors (Lipinski definition) is 0. The van der Waals surface area contributed by atoms with E-state index in [4.69, 9.17) is 9.47 Å². The molecule has 2 rings (SSSR count). The fraction of sp³-hybridized carbons (Fsp3) is 1.00. The highest BCUT2D eigenvalue weighted by Crippen LogP contribution is 2.67. The van der Waals surface area contributed by atoms with Crippen LogP contribution in [0.3, 0.4) is 0 Å². The molecule has 106 valence electrons. The third kappa shape index (κ3) is 3.09. The van der Waals surface area contributed by atoms with Crippen LogP contribution in [-0.4, -0.2) is 47.5 Å². The summed E-state index contributed by atoms with van der Waals surface area (Å²) in [6.07, 6.45) is 2.52. The van der Waals surface area contributed by atoms with Crippen molar-refractivity contribution in [2.45, 2.75) is 63.5 Å². The first kappa shape index (κ1) is 15.2. The van der Waals surface area contributed by atoms with Crippen LogP contribution in [0.25, 0.3) is 0 Å². The zero-order valence-electron chi connectivity index (χ0n) is 12.7. The highest BCUT2D eigenvalue weighted by molar-refractivity contribution is 7.64. The topological polar surface area (TPSA) is 18.5 Å². The Bertz CT molecular complexity index is 263. The maximum absolute atomic E-state index is 6.12. The Morgan fingerprint density at radius 2 is 1.06 bits per heavy atom. The van der Waals surface area contributed by atoms with Gasteiger partial charge >= 0.3 is 0 Å². The van der Waals surface area contributed by atoms with Crippen LogP contribution in [0.2, 0.25) is 0 Å². The van der Waals surface area contributed by atoms with Gasteiger partial charge in [-0.25, -0.2) is 0 Å². The molecule has 0 amide bonds. The minimum absolute atomic E-state index is 0.0654. The molecule has 0 aromatic carbocycles. The fourth-order valence-electron chi connectivity index (χ4n) is 2.88. The zero-order chi connectivity index (χ0) is 13.6. The van der Waals surface area contributed by atoms with Crippen molar-refractivity contribution >= 4 is 15.8 Å². The maximum atomic E-state index is 6.12. The molecule has 2 saturated heterocycles. The van der Waals surface area contributed by atoms with Gasteiger partial charge in [0.05, 0.1) is 13.2 Å². The molecule has 0 bridgehead atoms. The molecule has 0 saturated carbocycles. The van der Waals surface area contributed by atoms with Gasteiger partial charge in [-0.3, -0.25) is 0 Å². The molecule has 0 aromatic heterocycles. The van der Waals surface area contributed by atoms with Crippen LogP contribution in [-0.2, 0) is 9.47 Å². The molecular formula is C14H28O2P2. The first-order valence-corrected chi connectivity index (χ1v) is 10.2. The van der Waals surface area contributed by atoms with Crippen LogP contribution >= 0.6 is 15.8 Å². The number of hydrogen-bond acceptors (Lipinski definition) is 2. The van der Waals surface area contributed by atoms with Gasteiger partial charge in [-0.1, -0.05) is 57.4 Å². The van der Waals surface area contributed by atoms with E-state index in [2.05, 4.69) is 41.5 Å². The quantitative estimate of drug-likeness (QED) is 0.672. The van der Waals surface area contributed by atoms with Crippen LogP contribution in [0.5, 0.6) is 0 Å². The minimum Gasteiger partial charge on any atom is -0.370 e. The van der Waals surface area contributed by atoms with E-state index in [1.165, 1.54) is 12.3 Å². The van der Waals surface area contributed by atoms with Gasteiger partial charge in [0.25, 0.3) is 0 Å². The van der Waals surface area contributed by atoms with E-state index in [0.29, 0.717) is 22.0 Å². The third-order valence-corrected chi connectivity index (χ3v) is 10.9. The first-order valence-electron chi connectivity index (χ1n) is 6.98. The lowest BCUT2D eigenvalue weighted by atomic mass is 10.3. The van der Waals surface area contributed by atoms with E-state index >= 15 is 0 Å². The van der Waals surface area contributed by atoms with Crippen molar-refractivity contribution in [2.24, 2.45) is 0 Å². The van der Waals surface area contributed by atoms with Crippen LogP contribution in [0.15, 0.2) is 0 Å². The Labute approximate surface area is 115 Å². The SMILES string of the molecule is CC(C)(C)[P@]1CCO[C@@H]1[C@H]1OCC[P@@]1C(C)(C)C. The fourth-order valence-corrected chi connectivity index (χ4v) is 9.19. The minimum atomic E-state index is -0.0654. The van der Waals surface area contributed by atoms with Crippen LogP contribution < -0.4 is 0 Å². The summed E-state index contributed by atoms with van der Waals surface area (Å²) in [7, 11) is -0.131. The maximum Gasteiger partial charge on any atom is 0.107 e. The van der Waals surface area contributed by atoms with Gasteiger partial charge in [-0.05, 0) is 22.6 Å². The van der Waals surface area contributed by atoms with Crippen LogP contribution in [0.1, 0.15) is 41.5 Å². The van der Waals surface area contributed by atoms with Gasteiger partial charge in [0.15, 0.2) is 0 Å². The van der Waals surface area contributed by atoms with Gasteiger partial charge in [-0.15, -0.1) is 0 Å². The second kappa shape index (κ2) is 5.28. The third-order valence-electron chi connectivity index (χ3n) is 3.82. The van der Waals surface area contributed by atoms with Crippen LogP contribution in [0.4, 0.5) is 0 Å². The molecular weight excluding hydrogens is 262 g/mol. The van der Waals surface area contributed by atoms with Gasteiger partial charge in [0.2, 0.25) is 0 Å². The zero-order valence-corrected chi connectivity index (χ0v) is 14.5. The summed E-state index contributed by atoms with van der Waals surface area (Å²) in [6, 6.07) is 0. The van der Waals surface area contributed by atoms with Gasteiger partial charge in [0, 0.05) is 0 Å². The summed E-state index contributed by atoms with van der Waals surface area (Å²) in [5.41, 5.74) is 0. The first-order chi connectivity index (χ1) is 8.21. The summed E-state index contributed by atoms with van der Waals surface area (Å²) in [6.45, 7) is 16.1. The van der Waals surface area contributed by atoms with Crippen molar-refractivity contribution in [1.82, 2.24) is 0 Å². The van der Waals surface area contributed by atoms with E-state index in [0.717, 1.165) is 13.2 Å². The lowest BCUT2D eigenvalue weighted by Crippen LogP contribution is -2.31. The molecule has 2 aliphatic heterocycles. The molecule has 4 heteroatoms. The van der Waals surface area contributed by atoms with Crippen molar-refractivity contribution in [2.75, 3.05) is 25.5 Å². The smallest absolute Gasteiger partial charge is 0.107 e. The molecule has 0 aliphatic carbocycles. The van der Waals surface area contributed by atoms with E-state index in [1.807, 2.05) is 0 Å². The summed E-state index contributed by atoms with van der Waals surface area (Å²) < 4.78 is 12.2. The van der Waals surface area contributed by atoms with Gasteiger partial charge < -0.3 is 9.47 Å². The number of rotatable bonds is 1. The molecule has 2 aliphatic rings. The number of ether oxygens (including phenoxy) is 2. The highest BCUT2D eigenvalue weighted by atomic mass is 31.1. The van der Waals surface area contributed by atoms with E-state index in [-0.39, 0.29) is 15.8 Å². The second-order valence-corrected chi connectivity index (χ2v) is 13.7. The molecule has 18 heavy (non-hydrogen) atoms. The van der Waals surface area contributed by atoms with Crippen molar-refractivity contribution in [3.05, 3.63) is 0 Å². The van der Waals surface area contributed by atoms with E-state index in [9.17, 15) is 0 Å². The molecule has 0 radical (unpaired) electrons. The molecule has 0 spiro atoms. The Kier molecular flexibility index (Phi) is 4.45. The predicted octanol–water partition coefficient (Wildman–Crippen LogP) is 4.26. The molecule has 2 heterocycles. The van der Waals surface area contributed by atoms with Gasteiger partial charge in [0.1, 0.15) is 11.7 Å². The van der Waals surface area contributed by atoms with Crippen molar-refractivity contribution in [1.29, 1.82) is 0 Å². The summed E-state index contributed by atoms with van der Waals surface area (Å²) in [4.78, 5) is 0. The largest absolute Gasteiger partial charge is 0.370 e. The lowest BCUT2D eigenvalue weighted by molar-refractivity contribution is 0.0349. The molecule has 0 aromatic rings. The van der Waals surface area contributed by atoms with Crippen molar-refractivity contribution < 1.29 is 9.47 Å². The highest BCUT2D eigenvalue weighted by Gasteiger charge is 2.48. The average Bonchev–Trinajstić information content (AvgIpc) is 2.83. The normalized spacial score (nSPS) is 38.3. The second-order valence-electron chi connectivity index (χ2n) is 7.25. The Morgan fingerprint density at radius 3 is 1.33 bits per heavy atom. The predicted molar refractivity (Wildman–Crippen MR) is 82.6 cm³/mol. The lowest BCUT2D eigenvalue weighted by Gasteiger charge is -2.39. The Hall–Kier alpha value is 0.780. The molecule has 4 atom stereocenters. The van der Waals surface area contributed by atoms with E-state index in [1.54, 1.807) is 0 Å². The standard InChI is InChI=1S/C14H28O2P2/c1-13(2,3)17-9-7-15-11(17)12-16-8-10-18(12)14(4,5)6/h11-12H,7-10H2,1-6H3/t11-,12-,17+,18+/m0/s1. The summed E-state index contributed by atoms with van der Waals surface area (Å²) in [5.74, 6) is 0.792. The average molecular weight is 290 g/mol. The Morgan fingerprint density at radius 1 is 0.722 bits per heavy atom.